The number of aromatic hydroxyl groups is 1. The van der Waals surface area contributed by atoms with Crippen LogP contribution in [0.2, 0.25) is 0 Å². The molecule has 0 saturated heterocycles. The van der Waals surface area contributed by atoms with E-state index < -0.39 is 0 Å². The maximum absolute atomic E-state index is 9.87. The van der Waals surface area contributed by atoms with Crippen LogP contribution in [0.15, 0.2) is 11.2 Å². The second-order valence-electron chi connectivity index (χ2n) is 3.86. The number of rotatable bonds is 3. The molecule has 0 saturated carbocycles. The summed E-state index contributed by atoms with van der Waals surface area (Å²) in [5, 5.41) is 9.87. The zero-order valence-electron chi connectivity index (χ0n) is 9.78. The first-order chi connectivity index (χ1) is 7.06. The number of hydrogen-bond acceptors (Lipinski definition) is 3. The summed E-state index contributed by atoms with van der Waals surface area (Å²) < 4.78 is 0. The van der Waals surface area contributed by atoms with E-state index in [1.54, 1.807) is 19.3 Å². The van der Waals surface area contributed by atoms with E-state index in [0.29, 0.717) is 5.69 Å². The van der Waals surface area contributed by atoms with Crippen molar-refractivity contribution in [1.82, 2.24) is 4.98 Å². The highest BCUT2D eigenvalue weighted by Gasteiger charge is 2.08. The van der Waals surface area contributed by atoms with Crippen molar-refractivity contribution in [3.05, 3.63) is 23.0 Å². The highest BCUT2D eigenvalue weighted by Crippen LogP contribution is 2.22. The lowest BCUT2D eigenvalue weighted by Crippen LogP contribution is -1.98. The van der Waals surface area contributed by atoms with Crippen LogP contribution in [-0.2, 0) is 6.42 Å². The standard InChI is InChI=1S/C12H18N2O/c1-5-10-6-14-9(4)12(15)11(10)7-13-8(2)3/h6-8,15H,5H2,1-4H3. The summed E-state index contributed by atoms with van der Waals surface area (Å²) in [5.74, 6) is 0.249. The Kier molecular flexibility index (Phi) is 3.83. The summed E-state index contributed by atoms with van der Waals surface area (Å²) >= 11 is 0. The van der Waals surface area contributed by atoms with Crippen LogP contribution in [-0.4, -0.2) is 22.3 Å². The van der Waals surface area contributed by atoms with E-state index in [-0.39, 0.29) is 11.8 Å². The SMILES string of the molecule is CCc1cnc(C)c(O)c1C=NC(C)C. The molecule has 1 aromatic rings. The van der Waals surface area contributed by atoms with Gasteiger partial charge >= 0.3 is 0 Å². The van der Waals surface area contributed by atoms with E-state index >= 15 is 0 Å². The second kappa shape index (κ2) is 4.91. The minimum absolute atomic E-state index is 0.238. The minimum atomic E-state index is 0.238. The van der Waals surface area contributed by atoms with Crippen molar-refractivity contribution in [3.8, 4) is 5.75 Å². The fourth-order valence-corrected chi connectivity index (χ4v) is 1.30. The second-order valence-corrected chi connectivity index (χ2v) is 3.86. The number of hydrogen-bond donors (Lipinski definition) is 1. The topological polar surface area (TPSA) is 45.5 Å². The molecule has 0 spiro atoms. The van der Waals surface area contributed by atoms with Gasteiger partial charge in [0.05, 0.1) is 5.69 Å². The van der Waals surface area contributed by atoms with E-state index in [0.717, 1.165) is 17.5 Å². The van der Waals surface area contributed by atoms with Gasteiger partial charge in [-0.15, -0.1) is 0 Å². The first kappa shape index (κ1) is 11.7. The number of aliphatic imine (C=N–C) groups is 1. The molecule has 15 heavy (non-hydrogen) atoms. The number of pyridine rings is 1. The van der Waals surface area contributed by atoms with E-state index in [4.69, 9.17) is 0 Å². The zero-order valence-corrected chi connectivity index (χ0v) is 9.78. The Morgan fingerprint density at radius 2 is 2.20 bits per heavy atom. The van der Waals surface area contributed by atoms with Gasteiger partial charge in [0.15, 0.2) is 0 Å². The van der Waals surface area contributed by atoms with E-state index in [2.05, 4.69) is 9.98 Å². The quantitative estimate of drug-likeness (QED) is 0.772. The summed E-state index contributed by atoms with van der Waals surface area (Å²) in [7, 11) is 0. The van der Waals surface area contributed by atoms with Crippen LogP contribution in [0.5, 0.6) is 5.75 Å². The molecule has 1 N–H and O–H groups in total. The summed E-state index contributed by atoms with van der Waals surface area (Å²) in [6, 6.07) is 0.238. The van der Waals surface area contributed by atoms with E-state index in [1.807, 2.05) is 20.8 Å². The summed E-state index contributed by atoms with van der Waals surface area (Å²) in [5.41, 5.74) is 2.48. The van der Waals surface area contributed by atoms with Gasteiger partial charge in [0, 0.05) is 24.0 Å². The highest BCUT2D eigenvalue weighted by molar-refractivity contribution is 5.85. The predicted octanol–water partition coefficient (Wildman–Crippen LogP) is 2.49. The zero-order chi connectivity index (χ0) is 11.4. The molecular weight excluding hydrogens is 188 g/mol. The van der Waals surface area contributed by atoms with Crippen molar-refractivity contribution >= 4 is 6.21 Å². The van der Waals surface area contributed by atoms with Crippen LogP contribution < -0.4 is 0 Å². The fourth-order valence-electron chi connectivity index (χ4n) is 1.30. The molecule has 0 radical (unpaired) electrons. The Morgan fingerprint density at radius 3 is 2.73 bits per heavy atom. The van der Waals surface area contributed by atoms with Crippen LogP contribution in [0.4, 0.5) is 0 Å². The fraction of sp³-hybridized carbons (Fsp3) is 0.500. The molecule has 0 amide bonds. The number of nitrogens with zero attached hydrogens (tertiary/aromatic N) is 2. The Balaban J connectivity index is 3.18. The van der Waals surface area contributed by atoms with Gasteiger partial charge < -0.3 is 5.11 Å². The first-order valence-corrected chi connectivity index (χ1v) is 5.26. The Hall–Kier alpha value is -1.38. The molecule has 3 heteroatoms. The Labute approximate surface area is 90.9 Å². The van der Waals surface area contributed by atoms with Crippen LogP contribution >= 0.6 is 0 Å². The van der Waals surface area contributed by atoms with Crippen LogP contribution in [0.25, 0.3) is 0 Å². The molecule has 0 aliphatic carbocycles. The van der Waals surface area contributed by atoms with Crippen molar-refractivity contribution in [2.75, 3.05) is 0 Å². The molecule has 0 unspecified atom stereocenters. The summed E-state index contributed by atoms with van der Waals surface area (Å²) in [6.07, 6.45) is 4.39. The molecule has 1 heterocycles. The first-order valence-electron chi connectivity index (χ1n) is 5.26. The lowest BCUT2D eigenvalue weighted by molar-refractivity contribution is 0.466. The molecular formula is C12H18N2O. The third-order valence-corrected chi connectivity index (χ3v) is 2.24. The van der Waals surface area contributed by atoms with Crippen molar-refractivity contribution in [1.29, 1.82) is 0 Å². The van der Waals surface area contributed by atoms with Crippen molar-refractivity contribution in [3.63, 3.8) is 0 Å². The molecule has 0 atom stereocenters. The van der Waals surface area contributed by atoms with Gasteiger partial charge in [-0.1, -0.05) is 6.92 Å². The predicted molar refractivity (Wildman–Crippen MR) is 62.7 cm³/mol. The van der Waals surface area contributed by atoms with E-state index in [9.17, 15) is 5.11 Å². The minimum Gasteiger partial charge on any atom is -0.505 e. The average Bonchev–Trinajstić information content (AvgIpc) is 2.20. The number of aromatic nitrogens is 1. The third kappa shape index (κ3) is 2.78. The Bertz CT molecular complexity index is 370. The monoisotopic (exact) mass is 206 g/mol. The van der Waals surface area contributed by atoms with Crippen LogP contribution in [0, 0.1) is 6.92 Å². The van der Waals surface area contributed by atoms with Crippen molar-refractivity contribution < 1.29 is 5.11 Å². The Morgan fingerprint density at radius 1 is 1.53 bits per heavy atom. The molecule has 0 aromatic carbocycles. The lowest BCUT2D eigenvalue weighted by Gasteiger charge is -2.07. The largest absolute Gasteiger partial charge is 0.505 e. The average molecular weight is 206 g/mol. The van der Waals surface area contributed by atoms with Crippen molar-refractivity contribution in [2.45, 2.75) is 40.2 Å². The van der Waals surface area contributed by atoms with Crippen LogP contribution in [0.1, 0.15) is 37.6 Å². The van der Waals surface area contributed by atoms with Crippen LogP contribution in [0.3, 0.4) is 0 Å². The third-order valence-electron chi connectivity index (χ3n) is 2.24. The number of aryl methyl sites for hydroxylation is 2. The lowest BCUT2D eigenvalue weighted by atomic mass is 10.1. The molecule has 1 rings (SSSR count). The maximum Gasteiger partial charge on any atom is 0.145 e. The summed E-state index contributed by atoms with van der Waals surface area (Å²) in [4.78, 5) is 8.42. The molecule has 3 nitrogen and oxygen atoms in total. The highest BCUT2D eigenvalue weighted by atomic mass is 16.3. The van der Waals surface area contributed by atoms with E-state index in [1.165, 1.54) is 0 Å². The molecule has 0 aliphatic heterocycles. The van der Waals surface area contributed by atoms with Gasteiger partial charge in [0.1, 0.15) is 5.75 Å². The molecule has 0 bridgehead atoms. The van der Waals surface area contributed by atoms with Gasteiger partial charge in [0.25, 0.3) is 0 Å². The van der Waals surface area contributed by atoms with Gasteiger partial charge in [-0.25, -0.2) is 0 Å². The molecule has 82 valence electrons. The molecule has 0 aliphatic rings. The maximum atomic E-state index is 9.87. The molecule has 1 aromatic heterocycles. The summed E-state index contributed by atoms with van der Waals surface area (Å²) in [6.45, 7) is 7.85. The van der Waals surface area contributed by atoms with Gasteiger partial charge in [-0.3, -0.25) is 9.98 Å². The van der Waals surface area contributed by atoms with Gasteiger partial charge in [0.2, 0.25) is 0 Å². The molecule has 0 fully saturated rings. The van der Waals surface area contributed by atoms with Crippen molar-refractivity contribution in [2.24, 2.45) is 4.99 Å². The van der Waals surface area contributed by atoms with Gasteiger partial charge in [-0.05, 0) is 32.8 Å². The normalized spacial score (nSPS) is 11.5. The van der Waals surface area contributed by atoms with Gasteiger partial charge in [-0.2, -0.15) is 0 Å². The smallest absolute Gasteiger partial charge is 0.145 e.